The predicted molar refractivity (Wildman–Crippen MR) is 41.4 cm³/mol. The van der Waals surface area contributed by atoms with Gasteiger partial charge in [0.25, 0.3) is 0 Å². The predicted octanol–water partition coefficient (Wildman–Crippen LogP) is 0.486. The van der Waals surface area contributed by atoms with Crippen molar-refractivity contribution in [1.29, 1.82) is 0 Å². The van der Waals surface area contributed by atoms with Crippen LogP contribution < -0.4 is 0 Å². The summed E-state index contributed by atoms with van der Waals surface area (Å²) in [5.41, 5.74) is 0. The molecule has 4 heteroatoms. The van der Waals surface area contributed by atoms with E-state index in [0.29, 0.717) is 0 Å². The molecule has 0 aliphatic heterocycles. The minimum absolute atomic E-state index is 0.253. The normalized spacial score (nSPS) is 12.2. The number of hydrogen-bond donors (Lipinski definition) is 0. The number of ether oxygens (including phenoxy) is 1. The van der Waals surface area contributed by atoms with Crippen LogP contribution >= 0.6 is 0 Å². The van der Waals surface area contributed by atoms with E-state index in [1.54, 1.807) is 13.8 Å². The Balaban J connectivity index is 3.91. The third-order valence-corrected chi connectivity index (χ3v) is 1.24. The van der Waals surface area contributed by atoms with Crippen LogP contribution in [0.2, 0.25) is 5.82 Å². The molecule has 0 heterocycles. The summed E-state index contributed by atoms with van der Waals surface area (Å²) in [6.07, 6.45) is 0.264. The van der Waals surface area contributed by atoms with Gasteiger partial charge in [-0.25, -0.2) is 0 Å². The van der Waals surface area contributed by atoms with Crippen molar-refractivity contribution < 1.29 is 14.3 Å². The summed E-state index contributed by atoms with van der Waals surface area (Å²) in [5, 5.41) is 0. The third-order valence-electron chi connectivity index (χ3n) is 1.24. The van der Waals surface area contributed by atoms with Crippen molar-refractivity contribution in [2.45, 2.75) is 26.1 Å². The van der Waals surface area contributed by atoms with E-state index in [2.05, 4.69) is 4.74 Å². The molecule has 0 amide bonds. The smallest absolute Gasteiger partial charge is 0.307 e. The molecule has 0 bridgehead atoms. The zero-order valence-corrected chi connectivity index (χ0v) is 6.79. The maximum Gasteiger partial charge on any atom is 0.307 e. The summed E-state index contributed by atoms with van der Waals surface area (Å²) in [4.78, 5) is 21.6. The molecule has 11 heavy (non-hydrogen) atoms. The Morgan fingerprint density at radius 1 is 1.45 bits per heavy atom. The molecule has 2 radical (unpaired) electrons. The lowest BCUT2D eigenvalue weighted by molar-refractivity contribution is -0.145. The lowest BCUT2D eigenvalue weighted by Crippen LogP contribution is -2.20. The fourth-order valence-electron chi connectivity index (χ4n) is 0.583. The van der Waals surface area contributed by atoms with Crippen LogP contribution in [-0.4, -0.2) is 26.2 Å². The lowest BCUT2D eigenvalue weighted by Gasteiger charge is -2.07. The molecule has 0 spiro atoms. The second-order valence-electron chi connectivity index (χ2n) is 2.05. The first-order valence-electron chi connectivity index (χ1n) is 3.58. The Labute approximate surface area is 67.5 Å². The number of hydrogen-bond acceptors (Lipinski definition) is 3. The van der Waals surface area contributed by atoms with Crippen LogP contribution in [0.3, 0.4) is 0 Å². The molecular weight excluding hydrogens is 143 g/mol. The van der Waals surface area contributed by atoms with Crippen molar-refractivity contribution in [2.24, 2.45) is 0 Å². The third kappa shape index (κ3) is 3.21. The maximum atomic E-state index is 10.8. The molecule has 0 aromatic rings. The maximum absolute atomic E-state index is 10.8. The topological polar surface area (TPSA) is 43.4 Å². The van der Waals surface area contributed by atoms with Crippen LogP contribution in [0.25, 0.3) is 0 Å². The fourth-order valence-corrected chi connectivity index (χ4v) is 0.583. The highest BCUT2D eigenvalue weighted by molar-refractivity contribution is 6.35. The first-order valence-corrected chi connectivity index (χ1v) is 3.58. The van der Waals surface area contributed by atoms with Gasteiger partial charge >= 0.3 is 5.97 Å². The second-order valence-corrected chi connectivity index (χ2v) is 2.05. The molecule has 0 rings (SSSR count). The number of rotatable bonds is 4. The fraction of sp³-hybridized carbons (Fsp3) is 0.714. The highest BCUT2D eigenvalue weighted by Crippen LogP contribution is 2.05. The molecule has 1 unspecified atom stereocenters. The molecule has 0 N–H and O–H groups in total. The van der Waals surface area contributed by atoms with Gasteiger partial charge < -0.3 is 4.74 Å². The zero-order valence-electron chi connectivity index (χ0n) is 6.79. The molecule has 0 aliphatic carbocycles. The van der Waals surface area contributed by atoms with Crippen molar-refractivity contribution >= 4 is 19.6 Å². The number of carbonyl (C=O) groups excluding carboxylic acids is 2. The lowest BCUT2D eigenvalue weighted by atomic mass is 9.83. The first-order chi connectivity index (χ1) is 5.13. The van der Waals surface area contributed by atoms with Crippen molar-refractivity contribution in [2.75, 3.05) is 6.61 Å². The monoisotopic (exact) mass is 154 g/mol. The minimum atomic E-state index is -1.10. The summed E-state index contributed by atoms with van der Waals surface area (Å²) in [6.45, 7) is 3.58. The number of Topliss-reactive ketones (excluding diaryl/α,β-unsaturated/α-hetero) is 1. The van der Waals surface area contributed by atoms with Crippen LogP contribution in [0, 0.1) is 0 Å². The quantitative estimate of drug-likeness (QED) is 0.336. The van der Waals surface area contributed by atoms with Crippen molar-refractivity contribution in [3.8, 4) is 0 Å². The van der Waals surface area contributed by atoms with Gasteiger partial charge in [0, 0.05) is 6.42 Å². The van der Waals surface area contributed by atoms with Crippen LogP contribution in [0.4, 0.5) is 0 Å². The molecule has 60 valence electrons. The Morgan fingerprint density at radius 3 is 2.36 bits per heavy atom. The molecule has 0 saturated heterocycles. The number of esters is 1. The van der Waals surface area contributed by atoms with Crippen LogP contribution in [0.1, 0.15) is 20.3 Å². The Hall–Kier alpha value is -0.795. The Bertz CT molecular complexity index is 156. The first kappa shape index (κ1) is 10.2. The van der Waals surface area contributed by atoms with Gasteiger partial charge in [-0.05, 0) is 6.92 Å². The van der Waals surface area contributed by atoms with E-state index in [0.717, 1.165) is 0 Å². The summed E-state index contributed by atoms with van der Waals surface area (Å²) in [5.74, 6) is -2.03. The minimum Gasteiger partial charge on any atom is -0.466 e. The summed E-state index contributed by atoms with van der Waals surface area (Å²) in [7, 11) is 5.23. The molecule has 0 aromatic carbocycles. The molecule has 1 atom stereocenters. The highest BCUT2D eigenvalue weighted by Gasteiger charge is 2.19. The standard InChI is InChI=1S/C7H11BO3/c1-3-5(9)6(8)7(10)11-4-2/h6H,3-4H2,1-2H3. The molecule has 0 saturated carbocycles. The van der Waals surface area contributed by atoms with Gasteiger partial charge in [-0.2, -0.15) is 0 Å². The molecule has 3 nitrogen and oxygen atoms in total. The van der Waals surface area contributed by atoms with Crippen LogP contribution in [0.15, 0.2) is 0 Å². The van der Waals surface area contributed by atoms with E-state index in [-0.39, 0.29) is 18.8 Å². The highest BCUT2D eigenvalue weighted by atomic mass is 16.5. The number of carbonyl (C=O) groups is 2. The van der Waals surface area contributed by atoms with E-state index < -0.39 is 11.8 Å². The van der Waals surface area contributed by atoms with E-state index in [4.69, 9.17) is 7.85 Å². The molecular formula is C7H11BO3. The summed E-state index contributed by atoms with van der Waals surface area (Å²) in [6, 6.07) is 0. The summed E-state index contributed by atoms with van der Waals surface area (Å²) < 4.78 is 4.54. The van der Waals surface area contributed by atoms with Gasteiger partial charge in [-0.1, -0.05) is 6.92 Å². The molecule has 0 aliphatic rings. The second kappa shape index (κ2) is 4.94. The van der Waals surface area contributed by atoms with Gasteiger partial charge in [-0.3, -0.25) is 9.59 Å². The van der Waals surface area contributed by atoms with Crippen molar-refractivity contribution in [3.63, 3.8) is 0 Å². The number of ketones is 1. The van der Waals surface area contributed by atoms with Gasteiger partial charge in [-0.15, -0.1) is 0 Å². The van der Waals surface area contributed by atoms with Gasteiger partial charge in [0.1, 0.15) is 5.78 Å². The average Bonchev–Trinajstić information content (AvgIpc) is 2.02. The van der Waals surface area contributed by atoms with Gasteiger partial charge in [0.2, 0.25) is 0 Å². The average molecular weight is 154 g/mol. The van der Waals surface area contributed by atoms with Crippen LogP contribution in [-0.2, 0) is 14.3 Å². The van der Waals surface area contributed by atoms with E-state index in [1.165, 1.54) is 0 Å². The SMILES string of the molecule is [B]C(C(=O)CC)C(=O)OCC. The van der Waals surface area contributed by atoms with E-state index in [1.807, 2.05) is 0 Å². The largest absolute Gasteiger partial charge is 0.466 e. The van der Waals surface area contributed by atoms with Crippen molar-refractivity contribution in [1.82, 2.24) is 0 Å². The van der Waals surface area contributed by atoms with Crippen LogP contribution in [0.5, 0.6) is 0 Å². The van der Waals surface area contributed by atoms with E-state index >= 15 is 0 Å². The van der Waals surface area contributed by atoms with E-state index in [9.17, 15) is 9.59 Å². The Morgan fingerprint density at radius 2 is 2.00 bits per heavy atom. The molecule has 0 fully saturated rings. The zero-order chi connectivity index (χ0) is 8.85. The molecule has 0 aromatic heterocycles. The summed E-state index contributed by atoms with van der Waals surface area (Å²) >= 11 is 0. The van der Waals surface area contributed by atoms with Gasteiger partial charge in [0.15, 0.2) is 0 Å². The Kier molecular flexibility index (Phi) is 4.58. The van der Waals surface area contributed by atoms with Gasteiger partial charge in [0.05, 0.1) is 20.3 Å². The van der Waals surface area contributed by atoms with Crippen molar-refractivity contribution in [3.05, 3.63) is 0 Å².